The van der Waals surface area contributed by atoms with Crippen LogP contribution >= 0.6 is 15.9 Å². The fourth-order valence-corrected chi connectivity index (χ4v) is 2.71. The molecule has 0 spiro atoms. The number of rotatable bonds is 1. The number of hydrogen-bond acceptors (Lipinski definition) is 0. The van der Waals surface area contributed by atoms with Crippen LogP contribution < -0.4 is 0 Å². The lowest BCUT2D eigenvalue weighted by atomic mass is 9.86. The Kier molecular flexibility index (Phi) is 2.96. The van der Waals surface area contributed by atoms with E-state index in [2.05, 4.69) is 29.8 Å². The van der Waals surface area contributed by atoms with Crippen molar-refractivity contribution in [2.75, 3.05) is 5.33 Å². The standard InChI is InChI=1S/C9H15Br/c1-7-4-3-5-8(2)9(7)6-10/h7H,3-6H2,1-2H3. The van der Waals surface area contributed by atoms with Gasteiger partial charge in [0.1, 0.15) is 0 Å². The van der Waals surface area contributed by atoms with Crippen LogP contribution in [0.4, 0.5) is 0 Å². The average Bonchev–Trinajstić information content (AvgIpc) is 1.88. The molecule has 0 saturated heterocycles. The first kappa shape index (κ1) is 8.32. The van der Waals surface area contributed by atoms with E-state index in [1.165, 1.54) is 19.3 Å². The van der Waals surface area contributed by atoms with Crippen molar-refractivity contribution in [3.8, 4) is 0 Å². The van der Waals surface area contributed by atoms with Crippen LogP contribution in [-0.4, -0.2) is 5.33 Å². The molecular weight excluding hydrogens is 188 g/mol. The minimum Gasteiger partial charge on any atom is -0.0880 e. The van der Waals surface area contributed by atoms with Crippen molar-refractivity contribution in [1.29, 1.82) is 0 Å². The van der Waals surface area contributed by atoms with Crippen LogP contribution in [0.5, 0.6) is 0 Å². The summed E-state index contributed by atoms with van der Waals surface area (Å²) in [6.45, 7) is 4.60. The van der Waals surface area contributed by atoms with Crippen molar-refractivity contribution in [2.45, 2.75) is 33.1 Å². The molecule has 1 aliphatic rings. The van der Waals surface area contributed by atoms with E-state index < -0.39 is 0 Å². The number of alkyl halides is 1. The van der Waals surface area contributed by atoms with E-state index in [0.717, 1.165) is 11.2 Å². The molecule has 58 valence electrons. The van der Waals surface area contributed by atoms with Gasteiger partial charge in [0.15, 0.2) is 0 Å². The van der Waals surface area contributed by atoms with E-state index in [0.29, 0.717) is 0 Å². The monoisotopic (exact) mass is 202 g/mol. The van der Waals surface area contributed by atoms with Crippen molar-refractivity contribution in [3.05, 3.63) is 11.1 Å². The summed E-state index contributed by atoms with van der Waals surface area (Å²) >= 11 is 3.53. The number of allylic oxidation sites excluding steroid dienone is 2. The summed E-state index contributed by atoms with van der Waals surface area (Å²) in [5.74, 6) is 0.827. The van der Waals surface area contributed by atoms with E-state index in [-0.39, 0.29) is 0 Å². The van der Waals surface area contributed by atoms with Gasteiger partial charge in [-0.25, -0.2) is 0 Å². The lowest BCUT2D eigenvalue weighted by molar-refractivity contribution is 0.538. The van der Waals surface area contributed by atoms with Crippen molar-refractivity contribution < 1.29 is 0 Å². The van der Waals surface area contributed by atoms with Gasteiger partial charge in [-0.1, -0.05) is 34.0 Å². The molecule has 1 heteroatoms. The minimum absolute atomic E-state index is 0.827. The Morgan fingerprint density at radius 3 is 2.70 bits per heavy atom. The highest BCUT2D eigenvalue weighted by molar-refractivity contribution is 9.09. The maximum atomic E-state index is 3.53. The topological polar surface area (TPSA) is 0 Å². The Balaban J connectivity index is 2.73. The molecule has 0 fully saturated rings. The second kappa shape index (κ2) is 3.56. The molecule has 1 atom stereocenters. The summed E-state index contributed by atoms with van der Waals surface area (Å²) in [5.41, 5.74) is 3.27. The summed E-state index contributed by atoms with van der Waals surface area (Å²) in [7, 11) is 0. The molecule has 0 nitrogen and oxygen atoms in total. The zero-order valence-corrected chi connectivity index (χ0v) is 8.37. The highest BCUT2D eigenvalue weighted by atomic mass is 79.9. The maximum absolute atomic E-state index is 3.53. The van der Waals surface area contributed by atoms with Gasteiger partial charge in [0.25, 0.3) is 0 Å². The van der Waals surface area contributed by atoms with Crippen LogP contribution in [0, 0.1) is 5.92 Å². The van der Waals surface area contributed by atoms with Crippen LogP contribution in [0.25, 0.3) is 0 Å². The lowest BCUT2D eigenvalue weighted by Gasteiger charge is -2.22. The van der Waals surface area contributed by atoms with Crippen molar-refractivity contribution >= 4 is 15.9 Å². The summed E-state index contributed by atoms with van der Waals surface area (Å²) in [6.07, 6.45) is 4.10. The number of hydrogen-bond donors (Lipinski definition) is 0. The Labute approximate surface area is 71.8 Å². The second-order valence-corrected chi connectivity index (χ2v) is 3.79. The Bertz CT molecular complexity index is 147. The molecule has 0 aromatic heterocycles. The third-order valence-electron chi connectivity index (χ3n) is 2.48. The summed E-state index contributed by atoms with van der Waals surface area (Å²) in [5, 5.41) is 1.08. The normalized spacial score (nSPS) is 27.3. The molecule has 10 heavy (non-hydrogen) atoms. The molecule has 1 rings (SSSR count). The van der Waals surface area contributed by atoms with E-state index in [4.69, 9.17) is 0 Å². The van der Waals surface area contributed by atoms with Gasteiger partial charge in [0.2, 0.25) is 0 Å². The van der Waals surface area contributed by atoms with Gasteiger partial charge in [-0.3, -0.25) is 0 Å². The molecule has 0 aromatic rings. The third kappa shape index (κ3) is 1.63. The Hall–Kier alpha value is 0.220. The third-order valence-corrected chi connectivity index (χ3v) is 3.08. The lowest BCUT2D eigenvalue weighted by Crippen LogP contribution is -2.08. The Morgan fingerprint density at radius 2 is 2.30 bits per heavy atom. The van der Waals surface area contributed by atoms with Crippen molar-refractivity contribution in [2.24, 2.45) is 5.92 Å². The Morgan fingerprint density at radius 1 is 1.60 bits per heavy atom. The molecular formula is C9H15Br. The van der Waals surface area contributed by atoms with Crippen LogP contribution in [0.15, 0.2) is 11.1 Å². The molecule has 0 radical (unpaired) electrons. The second-order valence-electron chi connectivity index (χ2n) is 3.23. The zero-order valence-electron chi connectivity index (χ0n) is 6.78. The summed E-state index contributed by atoms with van der Waals surface area (Å²) in [4.78, 5) is 0. The molecule has 0 aromatic carbocycles. The maximum Gasteiger partial charge on any atom is 0.0247 e. The molecule has 0 bridgehead atoms. The molecule has 0 aliphatic heterocycles. The highest BCUT2D eigenvalue weighted by Crippen LogP contribution is 2.30. The zero-order chi connectivity index (χ0) is 7.56. The smallest absolute Gasteiger partial charge is 0.0247 e. The van der Waals surface area contributed by atoms with E-state index >= 15 is 0 Å². The van der Waals surface area contributed by atoms with Gasteiger partial charge in [0, 0.05) is 5.33 Å². The number of halogens is 1. The van der Waals surface area contributed by atoms with Gasteiger partial charge >= 0.3 is 0 Å². The van der Waals surface area contributed by atoms with Crippen LogP contribution in [0.2, 0.25) is 0 Å². The van der Waals surface area contributed by atoms with E-state index in [9.17, 15) is 0 Å². The van der Waals surface area contributed by atoms with E-state index in [1.807, 2.05) is 0 Å². The largest absolute Gasteiger partial charge is 0.0880 e. The molecule has 0 heterocycles. The molecule has 0 saturated carbocycles. The van der Waals surface area contributed by atoms with E-state index in [1.54, 1.807) is 11.1 Å². The van der Waals surface area contributed by atoms with Crippen molar-refractivity contribution in [1.82, 2.24) is 0 Å². The fourth-order valence-electron chi connectivity index (χ4n) is 1.67. The predicted molar refractivity (Wildman–Crippen MR) is 49.5 cm³/mol. The minimum atomic E-state index is 0.827. The highest BCUT2D eigenvalue weighted by Gasteiger charge is 2.14. The van der Waals surface area contributed by atoms with Crippen LogP contribution in [-0.2, 0) is 0 Å². The predicted octanol–water partition coefficient (Wildman–Crippen LogP) is 3.52. The van der Waals surface area contributed by atoms with Gasteiger partial charge in [0.05, 0.1) is 0 Å². The van der Waals surface area contributed by atoms with Crippen molar-refractivity contribution in [3.63, 3.8) is 0 Å². The first-order valence-electron chi connectivity index (χ1n) is 4.00. The first-order chi connectivity index (χ1) is 4.75. The molecule has 0 N–H and O–H groups in total. The summed E-state index contributed by atoms with van der Waals surface area (Å²) in [6, 6.07) is 0. The van der Waals surface area contributed by atoms with Gasteiger partial charge < -0.3 is 0 Å². The fraction of sp³-hybridized carbons (Fsp3) is 0.778. The first-order valence-corrected chi connectivity index (χ1v) is 5.12. The molecule has 1 aliphatic carbocycles. The summed E-state index contributed by atoms with van der Waals surface area (Å²) < 4.78 is 0. The molecule has 0 amide bonds. The SMILES string of the molecule is CC1=C(CBr)C(C)CCC1. The van der Waals surface area contributed by atoms with Crippen LogP contribution in [0.1, 0.15) is 33.1 Å². The van der Waals surface area contributed by atoms with Gasteiger partial charge in [-0.05, 0) is 32.1 Å². The quantitative estimate of drug-likeness (QED) is 0.451. The van der Waals surface area contributed by atoms with Gasteiger partial charge in [-0.2, -0.15) is 0 Å². The molecule has 1 unspecified atom stereocenters. The van der Waals surface area contributed by atoms with Gasteiger partial charge in [-0.15, -0.1) is 0 Å². The average molecular weight is 203 g/mol. The van der Waals surface area contributed by atoms with Crippen LogP contribution in [0.3, 0.4) is 0 Å².